The van der Waals surface area contributed by atoms with Crippen LogP contribution < -0.4 is 24.8 Å². The molecular weight excluding hydrogens is 518 g/mol. The van der Waals surface area contributed by atoms with Crippen LogP contribution in [0.3, 0.4) is 0 Å². The van der Waals surface area contributed by atoms with E-state index >= 15 is 0 Å². The summed E-state index contributed by atoms with van der Waals surface area (Å²) in [6, 6.07) is 24.4. The van der Waals surface area contributed by atoms with Gasteiger partial charge in [-0.15, -0.1) is 0 Å². The lowest BCUT2D eigenvalue weighted by Gasteiger charge is -2.20. The van der Waals surface area contributed by atoms with Crippen LogP contribution in [0.4, 0.5) is 14.4 Å². The molecule has 1 unspecified atom stereocenters. The number of amides is 3. The van der Waals surface area contributed by atoms with Crippen molar-refractivity contribution in [1.82, 2.24) is 15.5 Å². The molecule has 0 spiro atoms. The zero-order chi connectivity index (χ0) is 28.6. The van der Waals surface area contributed by atoms with Gasteiger partial charge in [-0.2, -0.15) is 0 Å². The Morgan fingerprint density at radius 3 is 1.77 bits per heavy atom. The molecule has 0 bridgehead atoms. The predicted octanol–water partition coefficient (Wildman–Crippen LogP) is 4.39. The van der Waals surface area contributed by atoms with Gasteiger partial charge in [-0.25, -0.2) is 19.2 Å². The summed E-state index contributed by atoms with van der Waals surface area (Å²) < 4.78 is 20.9. The summed E-state index contributed by atoms with van der Waals surface area (Å²) in [5.74, 6) is 0.359. The number of hydrogen-bond acceptors (Lipinski definition) is 8. The van der Waals surface area contributed by atoms with Gasteiger partial charge < -0.3 is 34.5 Å². The molecule has 3 aromatic carbocycles. The molecule has 0 aromatic heterocycles. The number of esters is 1. The lowest BCUT2D eigenvalue weighted by molar-refractivity contribution is -0.146. The van der Waals surface area contributed by atoms with Gasteiger partial charge in [-0.05, 0) is 49.2 Å². The van der Waals surface area contributed by atoms with E-state index in [1.165, 1.54) is 4.90 Å². The smallest absolute Gasteiger partial charge is 0.414 e. The number of nitrogens with zero attached hydrogens (tertiary/aromatic N) is 1. The highest BCUT2D eigenvalue weighted by atomic mass is 16.6. The van der Waals surface area contributed by atoms with E-state index in [9.17, 15) is 19.2 Å². The van der Waals surface area contributed by atoms with Crippen molar-refractivity contribution in [1.29, 1.82) is 0 Å². The van der Waals surface area contributed by atoms with Crippen molar-refractivity contribution >= 4 is 24.2 Å². The molecule has 11 nitrogen and oxygen atoms in total. The summed E-state index contributed by atoms with van der Waals surface area (Å²) in [4.78, 5) is 50.8. The van der Waals surface area contributed by atoms with Gasteiger partial charge in [0.05, 0.1) is 6.54 Å². The van der Waals surface area contributed by atoms with E-state index in [4.69, 9.17) is 18.9 Å². The van der Waals surface area contributed by atoms with Gasteiger partial charge in [0.15, 0.2) is 0 Å². The van der Waals surface area contributed by atoms with Crippen LogP contribution in [0.2, 0.25) is 0 Å². The molecule has 0 fully saturated rings. The van der Waals surface area contributed by atoms with Crippen molar-refractivity contribution in [2.24, 2.45) is 0 Å². The highest BCUT2D eigenvalue weighted by molar-refractivity contribution is 5.82. The minimum atomic E-state index is -1.06. The van der Waals surface area contributed by atoms with Crippen LogP contribution in [0.5, 0.6) is 17.2 Å². The fourth-order valence-corrected chi connectivity index (χ4v) is 3.34. The largest absolute Gasteiger partial charge is 0.462 e. The Morgan fingerprint density at radius 2 is 1.23 bits per heavy atom. The maximum absolute atomic E-state index is 12.8. The molecule has 3 rings (SSSR count). The van der Waals surface area contributed by atoms with Crippen LogP contribution in [0.1, 0.15) is 12.8 Å². The topological polar surface area (TPSA) is 132 Å². The van der Waals surface area contributed by atoms with E-state index in [0.29, 0.717) is 23.7 Å². The lowest BCUT2D eigenvalue weighted by Crippen LogP contribution is -2.44. The molecule has 0 radical (unpaired) electrons. The molecule has 1 atom stereocenters. The summed E-state index contributed by atoms with van der Waals surface area (Å²) >= 11 is 0. The van der Waals surface area contributed by atoms with Crippen molar-refractivity contribution in [3.63, 3.8) is 0 Å². The number of nitrogens with one attached hydrogen (secondary N) is 2. The zero-order valence-corrected chi connectivity index (χ0v) is 22.0. The van der Waals surface area contributed by atoms with Crippen LogP contribution in [-0.2, 0) is 9.53 Å². The average Bonchev–Trinajstić information content (AvgIpc) is 2.96. The van der Waals surface area contributed by atoms with E-state index in [1.54, 1.807) is 92.0 Å². The minimum Gasteiger partial charge on any atom is -0.462 e. The predicted molar refractivity (Wildman–Crippen MR) is 145 cm³/mol. The third kappa shape index (κ3) is 10.7. The van der Waals surface area contributed by atoms with Crippen LogP contribution >= 0.6 is 0 Å². The first-order valence-electron chi connectivity index (χ1n) is 12.6. The lowest BCUT2D eigenvalue weighted by atomic mass is 10.1. The molecule has 0 saturated heterocycles. The van der Waals surface area contributed by atoms with E-state index in [-0.39, 0.29) is 26.1 Å². The molecule has 2 N–H and O–H groups in total. The third-order valence-corrected chi connectivity index (χ3v) is 5.35. The molecule has 40 heavy (non-hydrogen) atoms. The second kappa shape index (κ2) is 16.0. The van der Waals surface area contributed by atoms with Gasteiger partial charge in [0, 0.05) is 13.6 Å². The maximum Gasteiger partial charge on any atom is 0.414 e. The second-order valence-electron chi connectivity index (χ2n) is 8.44. The van der Waals surface area contributed by atoms with E-state index in [1.807, 2.05) is 6.07 Å². The first-order chi connectivity index (χ1) is 19.4. The van der Waals surface area contributed by atoms with Crippen LogP contribution in [0.25, 0.3) is 0 Å². The Hall–Kier alpha value is -5.06. The fraction of sp³-hybridized carbons (Fsp3) is 0.241. The third-order valence-electron chi connectivity index (χ3n) is 5.35. The second-order valence-corrected chi connectivity index (χ2v) is 8.44. The minimum absolute atomic E-state index is 0.00729. The van der Waals surface area contributed by atoms with Gasteiger partial charge in [0.25, 0.3) is 0 Å². The summed E-state index contributed by atoms with van der Waals surface area (Å²) in [6.07, 6.45) is -1.61. The van der Waals surface area contributed by atoms with Crippen molar-refractivity contribution < 1.29 is 38.1 Å². The molecule has 0 saturated carbocycles. The number of rotatable bonds is 12. The molecular formula is C29H31N3O8. The van der Waals surface area contributed by atoms with Crippen molar-refractivity contribution in [3.05, 3.63) is 91.0 Å². The monoisotopic (exact) mass is 549 g/mol. The van der Waals surface area contributed by atoms with E-state index in [2.05, 4.69) is 10.6 Å². The quantitative estimate of drug-likeness (QED) is 0.251. The molecule has 0 heterocycles. The van der Waals surface area contributed by atoms with Gasteiger partial charge in [0.2, 0.25) is 0 Å². The summed E-state index contributed by atoms with van der Waals surface area (Å²) in [6.45, 7) is 0.0857. The van der Waals surface area contributed by atoms with Crippen molar-refractivity contribution in [2.45, 2.75) is 18.9 Å². The van der Waals surface area contributed by atoms with Crippen LogP contribution in [-0.4, -0.2) is 61.9 Å². The molecule has 11 heteroatoms. The highest BCUT2D eigenvalue weighted by Crippen LogP contribution is 2.12. The number of ether oxygens (including phenoxy) is 4. The number of benzene rings is 3. The highest BCUT2D eigenvalue weighted by Gasteiger charge is 2.24. The average molecular weight is 550 g/mol. The Bertz CT molecular complexity index is 1230. The van der Waals surface area contributed by atoms with Crippen LogP contribution in [0.15, 0.2) is 91.0 Å². The molecule has 3 aromatic rings. The van der Waals surface area contributed by atoms with Gasteiger partial charge in [0.1, 0.15) is 29.9 Å². The number of hydrogen-bond donors (Lipinski definition) is 2. The van der Waals surface area contributed by atoms with E-state index in [0.717, 1.165) is 0 Å². The maximum atomic E-state index is 12.8. The van der Waals surface area contributed by atoms with Gasteiger partial charge in [-0.3, -0.25) is 0 Å². The Labute approximate surface area is 232 Å². The molecule has 3 amide bonds. The normalized spacial score (nSPS) is 10.9. The zero-order valence-electron chi connectivity index (χ0n) is 22.0. The van der Waals surface area contributed by atoms with Crippen molar-refractivity contribution in [2.75, 3.05) is 26.7 Å². The molecule has 0 aliphatic rings. The summed E-state index contributed by atoms with van der Waals surface area (Å²) in [5, 5.41) is 4.99. The van der Waals surface area contributed by atoms with E-state index < -0.39 is 30.3 Å². The van der Waals surface area contributed by atoms with Crippen LogP contribution in [0, 0.1) is 0 Å². The summed E-state index contributed by atoms with van der Waals surface area (Å²) in [5.41, 5.74) is 0. The SMILES string of the molecule is CN(CCCC(NC(=O)Oc1ccccc1)C(=O)OCCNC(=O)Oc1ccccc1)C(=O)Oc1ccccc1. The molecule has 0 aliphatic heterocycles. The van der Waals surface area contributed by atoms with Gasteiger partial charge >= 0.3 is 24.2 Å². The number of carbonyl (C=O) groups is 4. The number of para-hydroxylation sites is 3. The first-order valence-corrected chi connectivity index (χ1v) is 12.6. The Balaban J connectivity index is 1.47. The van der Waals surface area contributed by atoms with Crippen molar-refractivity contribution in [3.8, 4) is 17.2 Å². The summed E-state index contributed by atoms with van der Waals surface area (Å²) in [7, 11) is 1.57. The number of carbonyl (C=O) groups excluding carboxylic acids is 4. The fourth-order valence-electron chi connectivity index (χ4n) is 3.34. The molecule has 0 aliphatic carbocycles. The Morgan fingerprint density at radius 1 is 0.725 bits per heavy atom. The first kappa shape index (κ1) is 29.5. The standard InChI is InChI=1S/C29H31N3O8/c1-32(29(36)40-24-16-9-4-10-17-24)20-11-18-25(31-28(35)39-23-14-7-3-8-15-23)26(33)37-21-19-30-27(34)38-22-12-5-2-6-13-22/h2-10,12-17,25H,11,18-21H2,1H3,(H,30,34)(H,31,35). The Kier molecular flexibility index (Phi) is 11.8. The molecule has 210 valence electrons. The van der Waals surface area contributed by atoms with Gasteiger partial charge in [-0.1, -0.05) is 54.6 Å².